The lowest BCUT2D eigenvalue weighted by Crippen LogP contribution is -2.45. The van der Waals surface area contributed by atoms with Gasteiger partial charge in [0, 0.05) is 18.9 Å². The molecule has 2 aromatic heterocycles. The summed E-state index contributed by atoms with van der Waals surface area (Å²) in [4.78, 5) is 13.0. The molecule has 1 saturated heterocycles. The number of furan rings is 1. The summed E-state index contributed by atoms with van der Waals surface area (Å²) in [7, 11) is 1.83. The molecule has 0 bridgehead atoms. The maximum Gasteiger partial charge on any atom is 0.255 e. The van der Waals surface area contributed by atoms with Crippen LogP contribution in [-0.2, 0) is 18.2 Å². The molecule has 1 amide bonds. The highest BCUT2D eigenvalue weighted by molar-refractivity contribution is 6.07. The van der Waals surface area contributed by atoms with Gasteiger partial charge in [-0.15, -0.1) is 0 Å². The van der Waals surface area contributed by atoms with E-state index >= 15 is 0 Å². The van der Waals surface area contributed by atoms with E-state index in [9.17, 15) is 4.79 Å². The number of fused-ring (bicyclic) bond motifs is 1. The number of aromatic nitrogens is 2. The fraction of sp³-hybridized carbons (Fsp3) is 0.368. The predicted molar refractivity (Wildman–Crippen MR) is 95.3 cm³/mol. The molecule has 4 rings (SSSR count). The highest BCUT2D eigenvalue weighted by Crippen LogP contribution is 2.27. The van der Waals surface area contributed by atoms with Gasteiger partial charge >= 0.3 is 0 Å². The number of aryl methyl sites for hydroxylation is 2. The Morgan fingerprint density at radius 2 is 2.23 bits per heavy atom. The van der Waals surface area contributed by atoms with Crippen molar-refractivity contribution in [2.24, 2.45) is 7.05 Å². The molecule has 0 saturated carbocycles. The van der Waals surface area contributed by atoms with Crippen LogP contribution in [0.2, 0.25) is 0 Å². The number of nitrogens with zero attached hydrogens (tertiary/aromatic N) is 2. The van der Waals surface area contributed by atoms with Gasteiger partial charge in [0.1, 0.15) is 17.4 Å². The van der Waals surface area contributed by atoms with Gasteiger partial charge in [-0.05, 0) is 6.07 Å². The van der Waals surface area contributed by atoms with Crippen LogP contribution in [0.15, 0.2) is 41.1 Å². The summed E-state index contributed by atoms with van der Waals surface area (Å²) in [6, 6.07) is 7.34. The van der Waals surface area contributed by atoms with Gasteiger partial charge in [0.25, 0.3) is 5.91 Å². The SMILES string of the molecule is CCc1oc2ccccc2c1C(=O)N[C@H]1COC[C@H]1Oc1cnn(C)c1. The van der Waals surface area contributed by atoms with Crippen molar-refractivity contribution in [3.63, 3.8) is 0 Å². The van der Waals surface area contributed by atoms with Crippen molar-refractivity contribution in [2.75, 3.05) is 13.2 Å². The van der Waals surface area contributed by atoms with Gasteiger partial charge in [-0.3, -0.25) is 9.48 Å². The van der Waals surface area contributed by atoms with Crippen LogP contribution in [0.5, 0.6) is 5.75 Å². The van der Waals surface area contributed by atoms with Crippen LogP contribution in [0.3, 0.4) is 0 Å². The fourth-order valence-electron chi connectivity index (χ4n) is 3.25. The second kappa shape index (κ2) is 6.84. The first kappa shape index (κ1) is 16.7. The molecule has 0 unspecified atom stereocenters. The van der Waals surface area contributed by atoms with Crippen LogP contribution in [0.4, 0.5) is 0 Å². The number of hydrogen-bond acceptors (Lipinski definition) is 5. The molecule has 1 aliphatic rings. The lowest BCUT2D eigenvalue weighted by molar-refractivity contribution is 0.0903. The molecule has 26 heavy (non-hydrogen) atoms. The maximum absolute atomic E-state index is 13.0. The van der Waals surface area contributed by atoms with E-state index in [4.69, 9.17) is 13.9 Å². The molecule has 0 radical (unpaired) electrons. The minimum Gasteiger partial charge on any atom is -0.482 e. The zero-order chi connectivity index (χ0) is 18.1. The Kier molecular flexibility index (Phi) is 4.38. The molecule has 136 valence electrons. The lowest BCUT2D eigenvalue weighted by Gasteiger charge is -2.19. The smallest absolute Gasteiger partial charge is 0.255 e. The van der Waals surface area contributed by atoms with Crippen LogP contribution >= 0.6 is 0 Å². The van der Waals surface area contributed by atoms with Crippen molar-refractivity contribution in [1.82, 2.24) is 15.1 Å². The van der Waals surface area contributed by atoms with Crippen LogP contribution in [0, 0.1) is 0 Å². The van der Waals surface area contributed by atoms with Crippen LogP contribution < -0.4 is 10.1 Å². The largest absolute Gasteiger partial charge is 0.482 e. The summed E-state index contributed by atoms with van der Waals surface area (Å²) in [6.45, 7) is 2.81. The van der Waals surface area contributed by atoms with Crippen molar-refractivity contribution in [3.05, 3.63) is 48.0 Å². The molecule has 3 aromatic rings. The summed E-state index contributed by atoms with van der Waals surface area (Å²) in [5, 5.41) is 7.97. The van der Waals surface area contributed by atoms with Gasteiger partial charge in [0.2, 0.25) is 0 Å². The Morgan fingerprint density at radius 3 is 3.00 bits per heavy atom. The van der Waals surface area contributed by atoms with E-state index < -0.39 is 0 Å². The van der Waals surface area contributed by atoms with Gasteiger partial charge in [-0.1, -0.05) is 25.1 Å². The van der Waals surface area contributed by atoms with Gasteiger partial charge in [-0.25, -0.2) is 0 Å². The van der Waals surface area contributed by atoms with Gasteiger partial charge in [0.15, 0.2) is 5.75 Å². The molecule has 0 aliphatic carbocycles. The lowest BCUT2D eigenvalue weighted by atomic mass is 10.1. The Balaban J connectivity index is 1.54. The highest BCUT2D eigenvalue weighted by atomic mass is 16.5. The maximum atomic E-state index is 13.0. The normalized spacial score (nSPS) is 19.8. The van der Waals surface area contributed by atoms with Crippen molar-refractivity contribution in [1.29, 1.82) is 0 Å². The highest BCUT2D eigenvalue weighted by Gasteiger charge is 2.33. The monoisotopic (exact) mass is 355 g/mol. The molecule has 0 spiro atoms. The number of ether oxygens (including phenoxy) is 2. The molecular formula is C19H21N3O4. The quantitative estimate of drug-likeness (QED) is 0.760. The Morgan fingerprint density at radius 1 is 1.38 bits per heavy atom. The molecule has 2 atom stereocenters. The van der Waals surface area contributed by atoms with Gasteiger partial charge < -0.3 is 19.2 Å². The van der Waals surface area contributed by atoms with Crippen LogP contribution in [-0.4, -0.2) is 41.0 Å². The summed E-state index contributed by atoms with van der Waals surface area (Å²) < 4.78 is 18.9. The summed E-state index contributed by atoms with van der Waals surface area (Å²) in [5.74, 6) is 1.18. The predicted octanol–water partition coefficient (Wildman–Crippen LogP) is 2.30. The Bertz CT molecular complexity index is 930. The molecule has 1 aromatic carbocycles. The minimum atomic E-state index is -0.258. The first-order valence-corrected chi connectivity index (χ1v) is 8.70. The number of benzene rings is 1. The second-order valence-corrected chi connectivity index (χ2v) is 6.37. The Labute approximate surface area is 150 Å². The Hall–Kier alpha value is -2.80. The zero-order valence-electron chi connectivity index (χ0n) is 14.8. The third kappa shape index (κ3) is 3.06. The molecule has 1 N–H and O–H groups in total. The van der Waals surface area contributed by atoms with Gasteiger partial charge in [0.05, 0.1) is 37.2 Å². The van der Waals surface area contributed by atoms with E-state index in [0.29, 0.717) is 36.7 Å². The number of rotatable bonds is 5. The summed E-state index contributed by atoms with van der Waals surface area (Å²) in [5.41, 5.74) is 1.32. The van der Waals surface area contributed by atoms with Crippen molar-refractivity contribution >= 4 is 16.9 Å². The molecule has 7 nitrogen and oxygen atoms in total. The number of carbonyl (C=O) groups is 1. The van der Waals surface area contributed by atoms with E-state index in [1.165, 1.54) is 0 Å². The van der Waals surface area contributed by atoms with Crippen molar-refractivity contribution < 1.29 is 18.7 Å². The molecule has 1 fully saturated rings. The second-order valence-electron chi connectivity index (χ2n) is 6.37. The average molecular weight is 355 g/mol. The average Bonchev–Trinajstić information content (AvgIpc) is 3.34. The van der Waals surface area contributed by atoms with E-state index in [1.54, 1.807) is 17.1 Å². The minimum absolute atomic E-state index is 0.165. The molecule has 7 heteroatoms. The molecule has 1 aliphatic heterocycles. The third-order valence-corrected chi connectivity index (χ3v) is 4.53. The standard InChI is InChI=1S/C19H21N3O4/c1-3-15-18(13-6-4-5-7-16(13)26-15)19(23)21-14-10-24-11-17(14)25-12-8-20-22(2)9-12/h4-9,14,17H,3,10-11H2,1-2H3,(H,21,23)/t14-,17+/m0/s1. The van der Waals surface area contributed by atoms with E-state index in [1.807, 2.05) is 38.2 Å². The number of amides is 1. The zero-order valence-corrected chi connectivity index (χ0v) is 14.8. The number of carbonyl (C=O) groups excluding carboxylic acids is 1. The first-order chi connectivity index (χ1) is 12.7. The first-order valence-electron chi connectivity index (χ1n) is 8.70. The number of nitrogens with one attached hydrogen (secondary N) is 1. The molecule has 3 heterocycles. The van der Waals surface area contributed by atoms with E-state index in [0.717, 1.165) is 11.0 Å². The number of para-hydroxylation sites is 1. The summed E-state index contributed by atoms with van der Waals surface area (Å²) in [6.07, 6.45) is 3.83. The van der Waals surface area contributed by atoms with Crippen LogP contribution in [0.25, 0.3) is 11.0 Å². The van der Waals surface area contributed by atoms with E-state index in [2.05, 4.69) is 10.4 Å². The third-order valence-electron chi connectivity index (χ3n) is 4.53. The van der Waals surface area contributed by atoms with Crippen LogP contribution in [0.1, 0.15) is 23.0 Å². The number of hydrogen-bond donors (Lipinski definition) is 1. The van der Waals surface area contributed by atoms with Crippen molar-refractivity contribution in [3.8, 4) is 5.75 Å². The van der Waals surface area contributed by atoms with Gasteiger partial charge in [-0.2, -0.15) is 5.10 Å². The van der Waals surface area contributed by atoms with E-state index in [-0.39, 0.29) is 18.1 Å². The summed E-state index contributed by atoms with van der Waals surface area (Å²) >= 11 is 0. The fourth-order valence-corrected chi connectivity index (χ4v) is 3.25. The topological polar surface area (TPSA) is 78.5 Å². The molecular weight excluding hydrogens is 334 g/mol. The van der Waals surface area contributed by atoms with Crippen molar-refractivity contribution in [2.45, 2.75) is 25.5 Å².